The molecular weight excluding hydrogens is 365 g/mol. The second kappa shape index (κ2) is 23.0. The van der Waals surface area contributed by atoms with Crippen molar-refractivity contribution in [1.82, 2.24) is 0 Å². The summed E-state index contributed by atoms with van der Waals surface area (Å²) >= 11 is 0. The molecule has 0 unspecified atom stereocenters. The van der Waals surface area contributed by atoms with E-state index in [1.54, 1.807) is 6.08 Å². The van der Waals surface area contributed by atoms with E-state index in [1.165, 1.54) is 25.7 Å². The van der Waals surface area contributed by atoms with Gasteiger partial charge in [0.15, 0.2) is 0 Å². The van der Waals surface area contributed by atoms with E-state index in [0.29, 0.717) is 0 Å². The predicted octanol–water partition coefficient (Wildman–Crippen LogP) is -11.2. The fourth-order valence-electron chi connectivity index (χ4n) is 1.45. The molecule has 0 aromatic rings. The Morgan fingerprint density at radius 2 is 1.36 bits per heavy atom. The van der Waals surface area contributed by atoms with Gasteiger partial charge < -0.3 is 39.9 Å². The van der Waals surface area contributed by atoms with Crippen molar-refractivity contribution in [3.63, 3.8) is 0 Å². The molecule has 0 saturated heterocycles. The summed E-state index contributed by atoms with van der Waals surface area (Å²) in [6.07, 6.45) is 6.35. The third kappa shape index (κ3) is 24.9. The molecule has 2 N–H and O–H groups in total. The van der Waals surface area contributed by atoms with E-state index >= 15 is 0 Å². The molecular formula is C14H21Na3O8. The van der Waals surface area contributed by atoms with E-state index in [-0.39, 0.29) is 88.7 Å². The summed E-state index contributed by atoms with van der Waals surface area (Å²) in [4.78, 5) is 30.0. The number of carbonyl (C=O) groups is 3. The van der Waals surface area contributed by atoms with Crippen molar-refractivity contribution in [2.24, 2.45) is 0 Å². The quantitative estimate of drug-likeness (QED) is 0.213. The number of aliphatic hydroxyl groups excluding tert-OH is 1. The summed E-state index contributed by atoms with van der Waals surface area (Å²) in [6.45, 7) is 2.20. The number of rotatable bonds is 10. The predicted molar refractivity (Wildman–Crippen MR) is 69.7 cm³/mol. The molecule has 0 spiro atoms. The van der Waals surface area contributed by atoms with Crippen LogP contribution in [0.3, 0.4) is 0 Å². The van der Waals surface area contributed by atoms with Gasteiger partial charge in [0.2, 0.25) is 0 Å². The van der Waals surface area contributed by atoms with Crippen molar-refractivity contribution in [2.75, 3.05) is 0 Å². The Hall–Kier alpha value is 0.910. The Morgan fingerprint density at radius 1 is 0.920 bits per heavy atom. The van der Waals surface area contributed by atoms with Gasteiger partial charge in [0.25, 0.3) is 0 Å². The van der Waals surface area contributed by atoms with Crippen molar-refractivity contribution in [3.8, 4) is 0 Å². The van der Waals surface area contributed by atoms with Gasteiger partial charge in [0.1, 0.15) is 5.60 Å². The van der Waals surface area contributed by atoms with Crippen LogP contribution in [0.1, 0.15) is 51.9 Å². The van der Waals surface area contributed by atoms with Crippen molar-refractivity contribution in [1.29, 1.82) is 0 Å². The zero-order valence-electron chi connectivity index (χ0n) is 15.4. The van der Waals surface area contributed by atoms with Crippen LogP contribution in [-0.4, -0.2) is 33.7 Å². The van der Waals surface area contributed by atoms with E-state index in [9.17, 15) is 29.7 Å². The number of allylic oxidation sites excluding steroid dienone is 1. The largest absolute Gasteiger partial charge is 1.00 e. The molecule has 128 valence electrons. The SMILES string of the molecule is CCCCCCC=CO.O=C([O-])CC(O)(CC(=O)[O-])C(=O)[O-].[Na+].[Na+].[Na+]. The minimum atomic E-state index is -2.97. The van der Waals surface area contributed by atoms with Gasteiger partial charge in [0, 0.05) is 24.8 Å². The van der Waals surface area contributed by atoms with E-state index in [1.807, 2.05) is 0 Å². The summed E-state index contributed by atoms with van der Waals surface area (Å²) in [5.41, 5.74) is -2.97. The Balaban J connectivity index is -0.0000001000. The van der Waals surface area contributed by atoms with E-state index in [4.69, 9.17) is 10.2 Å². The Bertz CT molecular complexity index is 372. The molecule has 0 fully saturated rings. The molecule has 0 aromatic heterocycles. The molecule has 0 radical (unpaired) electrons. The summed E-state index contributed by atoms with van der Waals surface area (Å²) < 4.78 is 0. The molecule has 0 rings (SSSR count). The standard InChI is InChI=1S/C8H16O.C6H8O7.3Na/c1-2-3-4-5-6-7-8-9;7-3(8)1-6(13,5(11)12)2-4(9)10;;;/h7-9H,2-6H2,1H3;13H,1-2H2,(H,7,8)(H,9,10)(H,11,12);;;/q;;3*+1/p-3. The molecule has 8 nitrogen and oxygen atoms in total. The third-order valence-corrected chi connectivity index (χ3v) is 2.58. The van der Waals surface area contributed by atoms with Crippen LogP contribution < -0.4 is 104 Å². The van der Waals surface area contributed by atoms with Crippen LogP contribution in [0.5, 0.6) is 0 Å². The summed E-state index contributed by atoms with van der Waals surface area (Å²) in [7, 11) is 0. The Morgan fingerprint density at radius 3 is 1.64 bits per heavy atom. The molecule has 0 aliphatic rings. The van der Waals surface area contributed by atoms with Crippen molar-refractivity contribution in [2.45, 2.75) is 57.5 Å². The van der Waals surface area contributed by atoms with Gasteiger partial charge in [-0.05, 0) is 12.8 Å². The molecule has 0 aliphatic heterocycles. The van der Waals surface area contributed by atoms with Gasteiger partial charge in [-0.2, -0.15) is 0 Å². The summed E-state index contributed by atoms with van der Waals surface area (Å²) in [6, 6.07) is 0. The Labute approximate surface area is 213 Å². The fraction of sp³-hybridized carbons (Fsp3) is 0.643. The van der Waals surface area contributed by atoms with Crippen LogP contribution in [0.2, 0.25) is 0 Å². The third-order valence-electron chi connectivity index (χ3n) is 2.58. The summed E-state index contributed by atoms with van der Waals surface area (Å²) in [5.74, 6) is -5.98. The van der Waals surface area contributed by atoms with Gasteiger partial charge >= 0.3 is 88.7 Å². The Kier molecular flexibility index (Phi) is 33.8. The monoisotopic (exact) mass is 386 g/mol. The summed E-state index contributed by atoms with van der Waals surface area (Å²) in [5, 5.41) is 47.2. The maximum absolute atomic E-state index is 10.1. The van der Waals surface area contributed by atoms with Crippen molar-refractivity contribution in [3.05, 3.63) is 12.3 Å². The number of aliphatic hydroxyl groups is 2. The molecule has 0 amide bonds. The molecule has 0 atom stereocenters. The fourth-order valence-corrected chi connectivity index (χ4v) is 1.45. The number of unbranched alkanes of at least 4 members (excludes halogenated alkanes) is 4. The number of carbonyl (C=O) groups excluding carboxylic acids is 3. The van der Waals surface area contributed by atoms with Crippen LogP contribution in [0, 0.1) is 0 Å². The average molecular weight is 386 g/mol. The van der Waals surface area contributed by atoms with Crippen LogP contribution in [0.15, 0.2) is 12.3 Å². The minimum Gasteiger partial charge on any atom is -0.550 e. The first-order valence-electron chi connectivity index (χ1n) is 6.82. The smallest absolute Gasteiger partial charge is 0.550 e. The first-order valence-corrected chi connectivity index (χ1v) is 6.82. The van der Waals surface area contributed by atoms with Gasteiger partial charge in [-0.3, -0.25) is 0 Å². The van der Waals surface area contributed by atoms with Gasteiger partial charge in [-0.15, -0.1) is 0 Å². The maximum Gasteiger partial charge on any atom is 1.00 e. The number of hydrogen-bond donors (Lipinski definition) is 2. The number of hydrogen-bond acceptors (Lipinski definition) is 8. The van der Waals surface area contributed by atoms with Crippen LogP contribution >= 0.6 is 0 Å². The van der Waals surface area contributed by atoms with E-state index in [0.717, 1.165) is 12.7 Å². The van der Waals surface area contributed by atoms with Crippen molar-refractivity contribution >= 4 is 17.9 Å². The van der Waals surface area contributed by atoms with Gasteiger partial charge in [0.05, 0.1) is 12.2 Å². The molecule has 0 bridgehead atoms. The van der Waals surface area contributed by atoms with E-state index < -0.39 is 36.4 Å². The van der Waals surface area contributed by atoms with Gasteiger partial charge in [-0.1, -0.05) is 32.3 Å². The molecule has 0 aromatic carbocycles. The topological polar surface area (TPSA) is 161 Å². The molecule has 25 heavy (non-hydrogen) atoms. The first kappa shape index (κ1) is 36.8. The van der Waals surface area contributed by atoms with Crippen LogP contribution in [-0.2, 0) is 14.4 Å². The molecule has 0 aliphatic carbocycles. The number of carboxylic acids is 3. The normalized spacial score (nSPS) is 9.52. The number of aliphatic carboxylic acids is 3. The van der Waals surface area contributed by atoms with Crippen LogP contribution in [0.4, 0.5) is 0 Å². The molecule has 0 saturated carbocycles. The number of carboxylic acid groups (broad SMARTS) is 3. The zero-order chi connectivity index (χ0) is 17.6. The molecule has 0 heterocycles. The van der Waals surface area contributed by atoms with Crippen LogP contribution in [0.25, 0.3) is 0 Å². The van der Waals surface area contributed by atoms with Crippen molar-refractivity contribution < 1.29 is 129 Å². The second-order valence-electron chi connectivity index (χ2n) is 4.65. The van der Waals surface area contributed by atoms with E-state index in [2.05, 4.69) is 6.92 Å². The molecule has 11 heteroatoms. The average Bonchev–Trinajstić information content (AvgIpc) is 2.37. The minimum absolute atomic E-state index is 0. The first-order chi connectivity index (χ1) is 10.2. The maximum atomic E-state index is 10.1. The van der Waals surface area contributed by atoms with Gasteiger partial charge in [-0.25, -0.2) is 0 Å². The second-order valence-corrected chi connectivity index (χ2v) is 4.65. The zero-order valence-corrected chi connectivity index (χ0v) is 21.4.